The molecule has 0 bridgehead atoms. The summed E-state index contributed by atoms with van der Waals surface area (Å²) < 4.78 is 6.27. The highest BCUT2D eigenvalue weighted by Gasteiger charge is 2.38. The van der Waals surface area contributed by atoms with E-state index in [0.717, 1.165) is 23.1 Å². The SMILES string of the molecule is CCC#COC(c1ccccc1)(c1ccccc1)c1ccccc1. The lowest BCUT2D eigenvalue weighted by molar-refractivity contribution is 0.119. The number of ether oxygens (including phenoxy) is 1. The van der Waals surface area contributed by atoms with Gasteiger partial charge in [0.25, 0.3) is 0 Å². The van der Waals surface area contributed by atoms with Crippen molar-refractivity contribution in [3.05, 3.63) is 108 Å². The third-order valence-electron chi connectivity index (χ3n) is 3.99. The molecule has 118 valence electrons. The van der Waals surface area contributed by atoms with Gasteiger partial charge < -0.3 is 4.74 Å². The molecule has 1 heteroatoms. The van der Waals surface area contributed by atoms with Crippen LogP contribution in [0, 0.1) is 12.0 Å². The molecule has 0 aliphatic heterocycles. The Morgan fingerprint density at radius 2 is 1.04 bits per heavy atom. The van der Waals surface area contributed by atoms with E-state index in [-0.39, 0.29) is 0 Å². The highest BCUT2D eigenvalue weighted by molar-refractivity contribution is 5.47. The lowest BCUT2D eigenvalue weighted by Gasteiger charge is -2.33. The zero-order valence-electron chi connectivity index (χ0n) is 13.8. The minimum absolute atomic E-state index is 0.744. The van der Waals surface area contributed by atoms with Crippen LogP contribution in [-0.2, 0) is 10.3 Å². The van der Waals surface area contributed by atoms with Crippen molar-refractivity contribution < 1.29 is 4.74 Å². The van der Waals surface area contributed by atoms with Crippen LogP contribution in [-0.4, -0.2) is 0 Å². The minimum atomic E-state index is -0.744. The molecule has 0 atom stereocenters. The zero-order valence-corrected chi connectivity index (χ0v) is 13.8. The van der Waals surface area contributed by atoms with Crippen LogP contribution in [0.4, 0.5) is 0 Å². The van der Waals surface area contributed by atoms with Crippen LogP contribution in [0.1, 0.15) is 30.0 Å². The van der Waals surface area contributed by atoms with E-state index in [9.17, 15) is 0 Å². The predicted molar refractivity (Wildman–Crippen MR) is 98.4 cm³/mol. The van der Waals surface area contributed by atoms with Gasteiger partial charge in [-0.3, -0.25) is 0 Å². The van der Waals surface area contributed by atoms with Crippen LogP contribution in [0.3, 0.4) is 0 Å². The van der Waals surface area contributed by atoms with Crippen molar-refractivity contribution in [1.29, 1.82) is 0 Å². The van der Waals surface area contributed by atoms with E-state index >= 15 is 0 Å². The molecule has 0 fully saturated rings. The third-order valence-corrected chi connectivity index (χ3v) is 3.99. The Kier molecular flexibility index (Phi) is 4.99. The molecule has 1 nitrogen and oxygen atoms in total. The first-order valence-corrected chi connectivity index (χ1v) is 8.20. The molecule has 3 aromatic carbocycles. The van der Waals surface area contributed by atoms with Crippen LogP contribution in [0.15, 0.2) is 91.0 Å². The fourth-order valence-corrected chi connectivity index (χ4v) is 2.88. The molecular formula is C23H20O. The third kappa shape index (κ3) is 3.05. The molecular weight excluding hydrogens is 292 g/mol. The van der Waals surface area contributed by atoms with E-state index in [2.05, 4.69) is 48.4 Å². The summed E-state index contributed by atoms with van der Waals surface area (Å²) in [5, 5.41) is 0. The molecule has 0 aliphatic rings. The first-order chi connectivity index (χ1) is 11.9. The maximum absolute atomic E-state index is 6.27. The molecule has 0 radical (unpaired) electrons. The van der Waals surface area contributed by atoms with Crippen molar-refractivity contribution in [2.24, 2.45) is 0 Å². The molecule has 0 aliphatic carbocycles. The highest BCUT2D eigenvalue weighted by Crippen LogP contribution is 2.40. The van der Waals surface area contributed by atoms with Crippen LogP contribution in [0.5, 0.6) is 0 Å². The normalized spacial score (nSPS) is 10.5. The Morgan fingerprint density at radius 1 is 0.667 bits per heavy atom. The van der Waals surface area contributed by atoms with E-state index in [1.54, 1.807) is 0 Å². The largest absolute Gasteiger partial charge is 0.425 e. The van der Waals surface area contributed by atoms with Crippen molar-refractivity contribution in [1.82, 2.24) is 0 Å². The summed E-state index contributed by atoms with van der Waals surface area (Å²) in [6, 6.07) is 30.8. The van der Waals surface area contributed by atoms with Crippen LogP contribution in [0.2, 0.25) is 0 Å². The Hall–Kier alpha value is -2.98. The summed E-state index contributed by atoms with van der Waals surface area (Å²) in [7, 11) is 0. The molecule has 3 aromatic rings. The van der Waals surface area contributed by atoms with Crippen molar-refractivity contribution in [3.8, 4) is 12.0 Å². The summed E-state index contributed by atoms with van der Waals surface area (Å²) in [5.74, 6) is 3.04. The van der Waals surface area contributed by atoms with Gasteiger partial charge in [0.15, 0.2) is 5.60 Å². The van der Waals surface area contributed by atoms with Crippen LogP contribution < -0.4 is 0 Å². The topological polar surface area (TPSA) is 9.23 Å². The Morgan fingerprint density at radius 3 is 1.38 bits per heavy atom. The van der Waals surface area contributed by atoms with Crippen LogP contribution in [0.25, 0.3) is 0 Å². The lowest BCUT2D eigenvalue weighted by Crippen LogP contribution is -2.31. The Bertz CT molecular complexity index is 715. The highest BCUT2D eigenvalue weighted by atomic mass is 16.5. The van der Waals surface area contributed by atoms with Gasteiger partial charge in [0, 0.05) is 23.1 Å². The van der Waals surface area contributed by atoms with Gasteiger partial charge in [-0.25, -0.2) is 0 Å². The zero-order chi connectivity index (χ0) is 16.7. The number of hydrogen-bond acceptors (Lipinski definition) is 1. The van der Waals surface area contributed by atoms with Crippen LogP contribution >= 0.6 is 0 Å². The summed E-state index contributed by atoms with van der Waals surface area (Å²) in [4.78, 5) is 0. The van der Waals surface area contributed by atoms with E-state index in [0.29, 0.717) is 0 Å². The van der Waals surface area contributed by atoms with Crippen molar-refractivity contribution in [3.63, 3.8) is 0 Å². The van der Waals surface area contributed by atoms with Gasteiger partial charge in [0.05, 0.1) is 0 Å². The van der Waals surface area contributed by atoms with Gasteiger partial charge in [0.1, 0.15) is 6.11 Å². The predicted octanol–water partition coefficient (Wildman–Crippen LogP) is 5.37. The smallest absolute Gasteiger partial charge is 0.196 e. The maximum atomic E-state index is 6.27. The summed E-state index contributed by atoms with van der Waals surface area (Å²) in [6.45, 7) is 2.02. The van der Waals surface area contributed by atoms with E-state index < -0.39 is 5.60 Å². The molecule has 0 saturated heterocycles. The van der Waals surface area contributed by atoms with Gasteiger partial charge in [-0.15, -0.1) is 0 Å². The lowest BCUT2D eigenvalue weighted by atomic mass is 9.80. The van der Waals surface area contributed by atoms with Gasteiger partial charge >= 0.3 is 0 Å². The van der Waals surface area contributed by atoms with E-state index in [1.165, 1.54) is 0 Å². The maximum Gasteiger partial charge on any atom is 0.196 e. The van der Waals surface area contributed by atoms with Gasteiger partial charge in [-0.1, -0.05) is 104 Å². The summed E-state index contributed by atoms with van der Waals surface area (Å²) in [6.07, 6.45) is 3.68. The van der Waals surface area contributed by atoms with Gasteiger partial charge in [-0.2, -0.15) is 0 Å². The molecule has 0 saturated carbocycles. The fourth-order valence-electron chi connectivity index (χ4n) is 2.88. The van der Waals surface area contributed by atoms with Crippen molar-refractivity contribution in [2.75, 3.05) is 0 Å². The molecule has 0 N–H and O–H groups in total. The second kappa shape index (κ2) is 7.53. The molecule has 0 unspecified atom stereocenters. The monoisotopic (exact) mass is 312 g/mol. The van der Waals surface area contributed by atoms with E-state index in [4.69, 9.17) is 4.74 Å². The Labute approximate surface area is 143 Å². The number of hydrogen-bond donors (Lipinski definition) is 0. The molecule has 0 spiro atoms. The summed E-state index contributed by atoms with van der Waals surface area (Å²) in [5.41, 5.74) is 2.44. The molecule has 3 rings (SSSR count). The molecule has 24 heavy (non-hydrogen) atoms. The van der Waals surface area contributed by atoms with Gasteiger partial charge in [0.2, 0.25) is 0 Å². The molecule has 0 aromatic heterocycles. The van der Waals surface area contributed by atoms with Crippen molar-refractivity contribution in [2.45, 2.75) is 18.9 Å². The first-order valence-electron chi connectivity index (χ1n) is 8.20. The first kappa shape index (κ1) is 15.9. The Balaban J connectivity index is 2.28. The summed E-state index contributed by atoms with van der Waals surface area (Å²) >= 11 is 0. The second-order valence-electron chi connectivity index (χ2n) is 5.51. The average Bonchev–Trinajstić information content (AvgIpc) is 2.68. The second-order valence-corrected chi connectivity index (χ2v) is 5.51. The molecule has 0 amide bonds. The van der Waals surface area contributed by atoms with Crippen molar-refractivity contribution >= 4 is 0 Å². The standard InChI is InChI=1S/C23H20O/c1-2-3-19-24-23(20-13-7-4-8-14-20,21-15-9-5-10-16-21)22-17-11-6-12-18-22/h4-18H,2H2,1H3. The number of benzene rings is 3. The minimum Gasteiger partial charge on any atom is -0.425 e. The molecule has 0 heterocycles. The average molecular weight is 312 g/mol. The quantitative estimate of drug-likeness (QED) is 0.465. The van der Waals surface area contributed by atoms with E-state index in [1.807, 2.05) is 61.5 Å². The fraction of sp³-hybridized carbons (Fsp3) is 0.130. The number of rotatable bonds is 4. The van der Waals surface area contributed by atoms with Gasteiger partial charge in [-0.05, 0) is 0 Å².